The van der Waals surface area contributed by atoms with Gasteiger partial charge in [0.2, 0.25) is 0 Å². The molecular formula is C20H25NO2. The second-order valence-electron chi connectivity index (χ2n) is 6.14. The fourth-order valence-corrected chi connectivity index (χ4v) is 2.96. The molecule has 0 radical (unpaired) electrons. The second kappa shape index (κ2) is 7.51. The molecule has 1 aliphatic rings. The maximum Gasteiger partial charge on any atom is 0.118 e. The van der Waals surface area contributed by atoms with Crippen LogP contribution in [0.1, 0.15) is 30.0 Å². The quantitative estimate of drug-likeness (QED) is 0.799. The summed E-state index contributed by atoms with van der Waals surface area (Å²) in [4.78, 5) is 0. The van der Waals surface area contributed by atoms with Crippen molar-refractivity contribution in [1.29, 1.82) is 0 Å². The average molecular weight is 311 g/mol. The van der Waals surface area contributed by atoms with Crippen LogP contribution in [0.15, 0.2) is 48.5 Å². The molecule has 1 aliphatic carbocycles. The predicted octanol–water partition coefficient (Wildman–Crippen LogP) is 3.99. The molecule has 0 bridgehead atoms. The van der Waals surface area contributed by atoms with Gasteiger partial charge in [0.05, 0.1) is 14.2 Å². The summed E-state index contributed by atoms with van der Waals surface area (Å²) in [6.07, 6.45) is 3.68. The molecule has 0 heterocycles. The number of hydrogen-bond donors (Lipinski definition) is 1. The molecule has 0 saturated heterocycles. The lowest BCUT2D eigenvalue weighted by Gasteiger charge is -2.19. The Balaban J connectivity index is 1.56. The maximum atomic E-state index is 5.25. The van der Waals surface area contributed by atoms with Crippen LogP contribution in [-0.4, -0.2) is 20.8 Å². The van der Waals surface area contributed by atoms with E-state index in [9.17, 15) is 0 Å². The number of rotatable bonds is 8. The highest BCUT2D eigenvalue weighted by Crippen LogP contribution is 2.41. The van der Waals surface area contributed by atoms with E-state index in [1.165, 1.54) is 24.0 Å². The van der Waals surface area contributed by atoms with E-state index in [0.29, 0.717) is 6.04 Å². The molecule has 2 aromatic carbocycles. The summed E-state index contributed by atoms with van der Waals surface area (Å²) < 4.78 is 10.5. The first-order valence-corrected chi connectivity index (χ1v) is 8.30. The Bertz CT molecular complexity index is 603. The van der Waals surface area contributed by atoms with Gasteiger partial charge in [-0.05, 0) is 67.1 Å². The van der Waals surface area contributed by atoms with E-state index in [4.69, 9.17) is 9.47 Å². The largest absolute Gasteiger partial charge is 0.497 e. The van der Waals surface area contributed by atoms with Gasteiger partial charge >= 0.3 is 0 Å². The molecule has 122 valence electrons. The van der Waals surface area contributed by atoms with Crippen molar-refractivity contribution >= 4 is 0 Å². The number of ether oxygens (including phenoxy) is 2. The zero-order valence-corrected chi connectivity index (χ0v) is 13.9. The minimum atomic E-state index is 0.458. The van der Waals surface area contributed by atoms with Gasteiger partial charge in [-0.1, -0.05) is 24.3 Å². The van der Waals surface area contributed by atoms with Gasteiger partial charge < -0.3 is 14.8 Å². The van der Waals surface area contributed by atoms with Crippen molar-refractivity contribution < 1.29 is 9.47 Å². The van der Waals surface area contributed by atoms with Crippen LogP contribution in [0.5, 0.6) is 11.5 Å². The Morgan fingerprint density at radius 2 is 1.48 bits per heavy atom. The molecule has 3 rings (SSSR count). The third kappa shape index (κ3) is 4.26. The van der Waals surface area contributed by atoms with E-state index in [1.807, 2.05) is 12.1 Å². The normalized spacial score (nSPS) is 15.2. The highest BCUT2D eigenvalue weighted by molar-refractivity contribution is 5.30. The van der Waals surface area contributed by atoms with Gasteiger partial charge in [-0.25, -0.2) is 0 Å². The number of methoxy groups -OCH3 is 2. The minimum Gasteiger partial charge on any atom is -0.497 e. The van der Waals surface area contributed by atoms with E-state index in [0.717, 1.165) is 30.4 Å². The van der Waals surface area contributed by atoms with Crippen LogP contribution in [-0.2, 0) is 6.42 Å². The molecular weight excluding hydrogens is 286 g/mol. The van der Waals surface area contributed by atoms with Crippen molar-refractivity contribution in [2.45, 2.75) is 25.3 Å². The van der Waals surface area contributed by atoms with Gasteiger partial charge in [0.25, 0.3) is 0 Å². The van der Waals surface area contributed by atoms with Crippen LogP contribution in [0.2, 0.25) is 0 Å². The van der Waals surface area contributed by atoms with Gasteiger partial charge in [-0.3, -0.25) is 0 Å². The van der Waals surface area contributed by atoms with E-state index in [-0.39, 0.29) is 0 Å². The van der Waals surface area contributed by atoms with Crippen molar-refractivity contribution in [3.63, 3.8) is 0 Å². The molecule has 1 atom stereocenters. The Hall–Kier alpha value is -2.00. The number of benzene rings is 2. The Morgan fingerprint density at radius 3 is 2.00 bits per heavy atom. The molecule has 0 aromatic heterocycles. The van der Waals surface area contributed by atoms with E-state index >= 15 is 0 Å². The molecule has 0 aliphatic heterocycles. The minimum absolute atomic E-state index is 0.458. The summed E-state index contributed by atoms with van der Waals surface area (Å²) in [5, 5.41) is 3.74. The smallest absolute Gasteiger partial charge is 0.118 e. The van der Waals surface area contributed by atoms with Crippen LogP contribution >= 0.6 is 0 Å². The molecule has 23 heavy (non-hydrogen) atoms. The fourth-order valence-electron chi connectivity index (χ4n) is 2.96. The lowest BCUT2D eigenvalue weighted by atomic mass is 10.0. The van der Waals surface area contributed by atoms with Crippen molar-refractivity contribution in [3.8, 4) is 11.5 Å². The predicted molar refractivity (Wildman–Crippen MR) is 93.2 cm³/mol. The lowest BCUT2D eigenvalue weighted by molar-refractivity contribution is 0.413. The topological polar surface area (TPSA) is 30.5 Å². The first-order valence-electron chi connectivity index (χ1n) is 8.30. The highest BCUT2D eigenvalue weighted by atomic mass is 16.5. The van der Waals surface area contributed by atoms with Crippen LogP contribution < -0.4 is 14.8 Å². The van der Waals surface area contributed by atoms with Crippen molar-refractivity contribution in [2.24, 2.45) is 5.92 Å². The van der Waals surface area contributed by atoms with Crippen LogP contribution in [0.3, 0.4) is 0 Å². The van der Waals surface area contributed by atoms with Crippen LogP contribution in [0.4, 0.5) is 0 Å². The summed E-state index contributed by atoms with van der Waals surface area (Å²) in [7, 11) is 3.41. The Kier molecular flexibility index (Phi) is 5.19. The number of nitrogens with one attached hydrogen (secondary N) is 1. The molecule has 3 heteroatoms. The summed E-state index contributed by atoms with van der Waals surface area (Å²) >= 11 is 0. The molecule has 3 nitrogen and oxygen atoms in total. The first-order chi connectivity index (χ1) is 11.3. The van der Waals surface area contributed by atoms with Gasteiger partial charge in [-0.15, -0.1) is 0 Å². The van der Waals surface area contributed by atoms with Gasteiger partial charge in [0.1, 0.15) is 11.5 Å². The first kappa shape index (κ1) is 15.9. The number of hydrogen-bond acceptors (Lipinski definition) is 3. The molecule has 1 fully saturated rings. The van der Waals surface area contributed by atoms with Gasteiger partial charge in [-0.2, -0.15) is 0 Å². The van der Waals surface area contributed by atoms with Gasteiger partial charge in [0, 0.05) is 6.04 Å². The van der Waals surface area contributed by atoms with E-state index in [2.05, 4.69) is 41.7 Å². The van der Waals surface area contributed by atoms with Crippen LogP contribution in [0.25, 0.3) is 0 Å². The van der Waals surface area contributed by atoms with Crippen molar-refractivity contribution in [3.05, 3.63) is 59.7 Å². The molecule has 1 N–H and O–H groups in total. The molecule has 2 aromatic rings. The molecule has 1 unspecified atom stereocenters. The van der Waals surface area contributed by atoms with Crippen molar-refractivity contribution in [2.75, 3.05) is 20.8 Å². The summed E-state index contributed by atoms with van der Waals surface area (Å²) in [6, 6.07) is 17.3. The van der Waals surface area contributed by atoms with Crippen molar-refractivity contribution in [1.82, 2.24) is 5.32 Å². The maximum absolute atomic E-state index is 5.25. The highest BCUT2D eigenvalue weighted by Gasteiger charge is 2.31. The molecule has 1 saturated carbocycles. The van der Waals surface area contributed by atoms with Crippen LogP contribution in [0, 0.1) is 5.92 Å². The lowest BCUT2D eigenvalue weighted by Crippen LogP contribution is -2.25. The Morgan fingerprint density at radius 1 is 0.913 bits per heavy atom. The SMILES string of the molecule is COc1ccc(CCNC(c2ccc(OC)cc2)C2CC2)cc1. The average Bonchev–Trinajstić information content (AvgIpc) is 3.44. The standard InChI is InChI=1S/C20H25NO2/c1-22-18-9-3-15(4-10-18)13-14-21-20(16-5-6-16)17-7-11-19(23-2)12-8-17/h3-4,7-12,16,20-21H,5-6,13-14H2,1-2H3. The molecule has 0 amide bonds. The third-order valence-electron chi connectivity index (χ3n) is 4.51. The fraction of sp³-hybridized carbons (Fsp3) is 0.400. The third-order valence-corrected chi connectivity index (χ3v) is 4.51. The zero-order valence-electron chi connectivity index (χ0n) is 13.9. The van der Waals surface area contributed by atoms with E-state index in [1.54, 1.807) is 14.2 Å². The molecule has 0 spiro atoms. The summed E-state index contributed by atoms with van der Waals surface area (Å²) in [5.41, 5.74) is 2.70. The van der Waals surface area contributed by atoms with Gasteiger partial charge in [0.15, 0.2) is 0 Å². The summed E-state index contributed by atoms with van der Waals surface area (Å²) in [5.74, 6) is 2.61. The zero-order chi connectivity index (χ0) is 16.1. The van der Waals surface area contributed by atoms with E-state index < -0.39 is 0 Å². The monoisotopic (exact) mass is 311 g/mol. The Labute approximate surface area is 138 Å². The second-order valence-corrected chi connectivity index (χ2v) is 6.14. The summed E-state index contributed by atoms with van der Waals surface area (Å²) in [6.45, 7) is 0.986.